The number of nitrogens with one attached hydrogen (secondary N) is 1. The fraction of sp³-hybridized carbons (Fsp3) is 0.933. The molecule has 0 saturated heterocycles. The van der Waals surface area contributed by atoms with Crippen LogP contribution in [0, 0.1) is 5.92 Å². The molecule has 0 aromatic carbocycles. The Bertz CT molecular complexity index is 288. The van der Waals surface area contributed by atoms with Gasteiger partial charge in [-0.1, -0.05) is 12.8 Å². The van der Waals surface area contributed by atoms with Crippen LogP contribution in [0.1, 0.15) is 64.2 Å². The lowest BCUT2D eigenvalue weighted by molar-refractivity contribution is -0.123. The maximum atomic E-state index is 11.9. The Morgan fingerprint density at radius 1 is 1.11 bits per heavy atom. The fourth-order valence-corrected chi connectivity index (χ4v) is 3.37. The van der Waals surface area contributed by atoms with Crippen molar-refractivity contribution in [3.8, 4) is 0 Å². The largest absolute Gasteiger partial charge is 0.391 e. The number of amides is 1. The zero-order valence-electron chi connectivity index (χ0n) is 11.8. The molecule has 0 spiro atoms. The molecule has 0 bridgehead atoms. The minimum atomic E-state index is -0.342. The van der Waals surface area contributed by atoms with Gasteiger partial charge in [-0.3, -0.25) is 4.79 Å². The molecular weight excluding hydrogens is 240 g/mol. The fourth-order valence-electron chi connectivity index (χ4n) is 3.37. The third kappa shape index (κ3) is 4.77. The molecule has 0 radical (unpaired) electrons. The van der Waals surface area contributed by atoms with E-state index in [9.17, 15) is 9.90 Å². The zero-order chi connectivity index (χ0) is 13.7. The Balaban J connectivity index is 1.64. The van der Waals surface area contributed by atoms with Crippen molar-refractivity contribution >= 4 is 5.91 Å². The van der Waals surface area contributed by atoms with Crippen molar-refractivity contribution in [2.75, 3.05) is 0 Å². The second-order valence-electron chi connectivity index (χ2n) is 6.35. The first kappa shape index (κ1) is 14.8. The molecular formula is C15H28N2O2. The molecule has 2 fully saturated rings. The normalized spacial score (nSPS) is 35.9. The molecule has 2 aliphatic carbocycles. The molecule has 2 atom stereocenters. The highest BCUT2D eigenvalue weighted by Gasteiger charge is 2.25. The van der Waals surface area contributed by atoms with Crippen LogP contribution in [0.5, 0.6) is 0 Å². The summed E-state index contributed by atoms with van der Waals surface area (Å²) in [6.07, 6.45) is 9.72. The van der Waals surface area contributed by atoms with E-state index in [0.717, 1.165) is 44.9 Å². The van der Waals surface area contributed by atoms with E-state index in [4.69, 9.17) is 5.73 Å². The Hall–Kier alpha value is -0.610. The second-order valence-corrected chi connectivity index (χ2v) is 6.35. The average molecular weight is 268 g/mol. The van der Waals surface area contributed by atoms with E-state index >= 15 is 0 Å². The Morgan fingerprint density at radius 3 is 2.47 bits per heavy atom. The Kier molecular flexibility index (Phi) is 5.64. The van der Waals surface area contributed by atoms with Crippen molar-refractivity contribution in [3.05, 3.63) is 0 Å². The average Bonchev–Trinajstić information content (AvgIpc) is 2.41. The van der Waals surface area contributed by atoms with Crippen LogP contribution in [0.4, 0.5) is 0 Å². The minimum Gasteiger partial charge on any atom is -0.391 e. The maximum Gasteiger partial charge on any atom is 0.220 e. The van der Waals surface area contributed by atoms with E-state index in [1.165, 1.54) is 12.8 Å². The molecule has 2 aliphatic rings. The van der Waals surface area contributed by atoms with Crippen molar-refractivity contribution in [3.63, 3.8) is 0 Å². The predicted molar refractivity (Wildman–Crippen MR) is 75.6 cm³/mol. The summed E-state index contributed by atoms with van der Waals surface area (Å²) >= 11 is 0. The van der Waals surface area contributed by atoms with E-state index in [-0.39, 0.29) is 18.1 Å². The summed E-state index contributed by atoms with van der Waals surface area (Å²) in [6.45, 7) is 0. The summed E-state index contributed by atoms with van der Waals surface area (Å²) in [4.78, 5) is 11.9. The van der Waals surface area contributed by atoms with E-state index < -0.39 is 0 Å². The summed E-state index contributed by atoms with van der Waals surface area (Å²) < 4.78 is 0. The third-order valence-corrected chi connectivity index (χ3v) is 4.75. The first-order chi connectivity index (χ1) is 9.15. The highest BCUT2D eigenvalue weighted by Crippen LogP contribution is 2.27. The monoisotopic (exact) mass is 268 g/mol. The van der Waals surface area contributed by atoms with Gasteiger partial charge < -0.3 is 16.2 Å². The molecule has 2 unspecified atom stereocenters. The second kappa shape index (κ2) is 7.25. The zero-order valence-corrected chi connectivity index (χ0v) is 11.8. The van der Waals surface area contributed by atoms with Gasteiger partial charge in [0.15, 0.2) is 0 Å². The quantitative estimate of drug-likeness (QED) is 0.726. The number of aliphatic hydroxyl groups excluding tert-OH is 1. The molecule has 4 nitrogen and oxygen atoms in total. The van der Waals surface area contributed by atoms with Crippen LogP contribution in [-0.2, 0) is 4.79 Å². The first-order valence-electron chi connectivity index (χ1n) is 7.88. The molecule has 1 amide bonds. The lowest BCUT2D eigenvalue weighted by Crippen LogP contribution is -2.45. The maximum absolute atomic E-state index is 11.9. The van der Waals surface area contributed by atoms with Crippen LogP contribution < -0.4 is 11.1 Å². The lowest BCUT2D eigenvalue weighted by atomic mass is 9.83. The standard InChI is InChI=1S/C15H28N2O2/c16-12-8-5-11(6-9-12)7-10-15(19)17-13-3-1-2-4-14(13)18/h11-14,18H,1-10,16H2,(H,17,19). The van der Waals surface area contributed by atoms with Gasteiger partial charge in [0.05, 0.1) is 12.1 Å². The van der Waals surface area contributed by atoms with E-state index in [1.54, 1.807) is 0 Å². The molecule has 2 rings (SSSR count). The van der Waals surface area contributed by atoms with Crippen molar-refractivity contribution in [1.29, 1.82) is 0 Å². The number of nitrogens with two attached hydrogens (primary N) is 1. The van der Waals surface area contributed by atoms with Crippen molar-refractivity contribution in [1.82, 2.24) is 5.32 Å². The van der Waals surface area contributed by atoms with Crippen LogP contribution in [0.15, 0.2) is 0 Å². The van der Waals surface area contributed by atoms with Gasteiger partial charge in [0.1, 0.15) is 0 Å². The lowest BCUT2D eigenvalue weighted by Gasteiger charge is -2.29. The third-order valence-electron chi connectivity index (χ3n) is 4.75. The van der Waals surface area contributed by atoms with Crippen LogP contribution in [0.25, 0.3) is 0 Å². The number of hydrogen-bond acceptors (Lipinski definition) is 3. The van der Waals surface area contributed by atoms with Gasteiger partial charge in [0.25, 0.3) is 0 Å². The number of aliphatic hydroxyl groups is 1. The van der Waals surface area contributed by atoms with Crippen molar-refractivity contribution < 1.29 is 9.90 Å². The predicted octanol–water partition coefficient (Wildman–Crippen LogP) is 1.70. The van der Waals surface area contributed by atoms with Gasteiger partial charge in [0.2, 0.25) is 5.91 Å². The molecule has 110 valence electrons. The van der Waals surface area contributed by atoms with Gasteiger partial charge in [-0.2, -0.15) is 0 Å². The summed E-state index contributed by atoms with van der Waals surface area (Å²) in [5, 5.41) is 12.8. The highest BCUT2D eigenvalue weighted by molar-refractivity contribution is 5.76. The highest BCUT2D eigenvalue weighted by atomic mass is 16.3. The molecule has 19 heavy (non-hydrogen) atoms. The topological polar surface area (TPSA) is 75.4 Å². The van der Waals surface area contributed by atoms with Gasteiger partial charge in [-0.15, -0.1) is 0 Å². The summed E-state index contributed by atoms with van der Waals surface area (Å²) in [5.41, 5.74) is 5.88. The van der Waals surface area contributed by atoms with Gasteiger partial charge in [-0.25, -0.2) is 0 Å². The first-order valence-corrected chi connectivity index (χ1v) is 7.88. The minimum absolute atomic E-state index is 0.0129. The van der Waals surface area contributed by atoms with Crippen molar-refractivity contribution in [2.24, 2.45) is 11.7 Å². The Labute approximate surface area is 116 Å². The van der Waals surface area contributed by atoms with E-state index in [2.05, 4.69) is 5.32 Å². The number of carbonyl (C=O) groups excluding carboxylic acids is 1. The molecule has 0 aromatic rings. The van der Waals surface area contributed by atoms with E-state index in [0.29, 0.717) is 18.4 Å². The van der Waals surface area contributed by atoms with Crippen LogP contribution >= 0.6 is 0 Å². The van der Waals surface area contributed by atoms with Gasteiger partial charge in [-0.05, 0) is 50.9 Å². The molecule has 0 aromatic heterocycles. The molecule has 2 saturated carbocycles. The van der Waals surface area contributed by atoms with Crippen LogP contribution in [-0.4, -0.2) is 29.2 Å². The SMILES string of the molecule is NC1CCC(CCC(=O)NC2CCCCC2O)CC1. The number of hydrogen-bond donors (Lipinski definition) is 3. The number of rotatable bonds is 4. The van der Waals surface area contributed by atoms with Gasteiger partial charge in [0, 0.05) is 12.5 Å². The molecule has 0 aliphatic heterocycles. The molecule has 0 heterocycles. The number of carbonyl (C=O) groups is 1. The summed E-state index contributed by atoms with van der Waals surface area (Å²) in [5.74, 6) is 0.780. The molecule has 4 N–H and O–H groups in total. The Morgan fingerprint density at radius 2 is 1.79 bits per heavy atom. The van der Waals surface area contributed by atoms with Gasteiger partial charge >= 0.3 is 0 Å². The van der Waals surface area contributed by atoms with Crippen LogP contribution in [0.2, 0.25) is 0 Å². The smallest absolute Gasteiger partial charge is 0.220 e. The summed E-state index contributed by atoms with van der Waals surface area (Å²) in [7, 11) is 0. The van der Waals surface area contributed by atoms with E-state index in [1.807, 2.05) is 0 Å². The van der Waals surface area contributed by atoms with Crippen LogP contribution in [0.3, 0.4) is 0 Å². The molecule has 4 heteroatoms. The summed E-state index contributed by atoms with van der Waals surface area (Å²) in [6, 6.07) is 0.364. The van der Waals surface area contributed by atoms with Crippen molar-refractivity contribution in [2.45, 2.75) is 82.4 Å².